The molecule has 5 rings (SSSR count). The van der Waals surface area contributed by atoms with Crippen LogP contribution in [-0.4, -0.2) is 59.4 Å². The van der Waals surface area contributed by atoms with Crippen LogP contribution in [0.2, 0.25) is 0 Å². The van der Waals surface area contributed by atoms with Crippen LogP contribution in [0.4, 0.5) is 0 Å². The van der Waals surface area contributed by atoms with Crippen molar-refractivity contribution < 1.29 is 48.4 Å². The molecule has 0 heterocycles. The first-order valence-electron chi connectivity index (χ1n) is 19.9. The summed E-state index contributed by atoms with van der Waals surface area (Å²) in [6.45, 7) is 16.5. The first-order chi connectivity index (χ1) is 24.3. The fourth-order valence-electron chi connectivity index (χ4n) is 12.4. The molecule has 4 fully saturated rings. The van der Waals surface area contributed by atoms with Gasteiger partial charge in [0.05, 0.1) is 12.0 Å². The molecule has 0 spiro atoms. The van der Waals surface area contributed by atoms with E-state index in [1.807, 2.05) is 6.92 Å². The van der Waals surface area contributed by atoms with E-state index in [4.69, 9.17) is 24.4 Å². The highest BCUT2D eigenvalue weighted by molar-refractivity contribution is 5.79. The number of allylic oxidation sites excluding steroid dienone is 2. The first kappa shape index (κ1) is 40.3. The standard InChI is InChI=1S/C42H64O10/c1-8-50-36(49)42-23-21-37(2,3)25-28(42)27-15-16-30-38(4)19-18-31(52-35(48)14-10-12-33(45)46)39(5,26-51-34(47)13-9-11-32(43)44)29(38)17-20-41(30,7)40(27,6)22-24-42/h15,28-31H,8-14,16-26H2,1-7H3,(H,43,44)(H,45,46)/t28?,29?,30?,31-,38-,39-,40+,41+,42-/m0/s1. The summed E-state index contributed by atoms with van der Waals surface area (Å²) in [6, 6.07) is 0. The molecule has 0 aliphatic heterocycles. The molecule has 0 bridgehead atoms. The van der Waals surface area contributed by atoms with E-state index >= 15 is 0 Å². The van der Waals surface area contributed by atoms with Gasteiger partial charge in [0, 0.05) is 31.1 Å². The third-order valence-corrected chi connectivity index (χ3v) is 15.4. The highest BCUT2D eigenvalue weighted by atomic mass is 16.6. The minimum absolute atomic E-state index is 0.00183. The summed E-state index contributed by atoms with van der Waals surface area (Å²) in [4.78, 5) is 62.0. The second kappa shape index (κ2) is 14.7. The zero-order chi connectivity index (χ0) is 38.3. The Hall–Kier alpha value is -2.91. The van der Waals surface area contributed by atoms with E-state index in [0.29, 0.717) is 18.9 Å². The van der Waals surface area contributed by atoms with Gasteiger partial charge >= 0.3 is 29.8 Å². The Bertz CT molecular complexity index is 1450. The van der Waals surface area contributed by atoms with Crippen molar-refractivity contribution in [1.29, 1.82) is 0 Å². The van der Waals surface area contributed by atoms with Crippen molar-refractivity contribution in [1.82, 2.24) is 0 Å². The summed E-state index contributed by atoms with van der Waals surface area (Å²) in [5, 5.41) is 18.1. The lowest BCUT2D eigenvalue weighted by Gasteiger charge is -2.71. The van der Waals surface area contributed by atoms with Crippen molar-refractivity contribution in [3.63, 3.8) is 0 Å². The molecule has 0 saturated heterocycles. The third kappa shape index (κ3) is 7.05. The van der Waals surface area contributed by atoms with Crippen molar-refractivity contribution in [2.45, 2.75) is 157 Å². The van der Waals surface area contributed by atoms with E-state index in [1.54, 1.807) is 0 Å². The van der Waals surface area contributed by atoms with Gasteiger partial charge in [-0.05, 0) is 123 Å². The molecular weight excluding hydrogens is 664 g/mol. The second-order valence-corrected chi connectivity index (χ2v) is 18.8. The SMILES string of the molecule is CCOC(=O)[C@]12CCC(C)(C)CC1C1=CCC3[C@@]4(C)CC[C@H](OC(=O)CCCC(=O)O)[C@@](C)(COC(=O)CCCC(=O)O)C4CC[C@@]3(C)[C@]1(C)CC2. The number of rotatable bonds is 13. The molecule has 9 atom stereocenters. The number of carboxylic acids is 2. The molecule has 2 N–H and O–H groups in total. The highest BCUT2D eigenvalue weighted by Crippen LogP contribution is 2.76. The Morgan fingerprint density at radius 1 is 0.750 bits per heavy atom. The van der Waals surface area contributed by atoms with Crippen LogP contribution >= 0.6 is 0 Å². The van der Waals surface area contributed by atoms with Crippen LogP contribution in [0.25, 0.3) is 0 Å². The molecular formula is C42H64O10. The molecule has 10 nitrogen and oxygen atoms in total. The molecule has 0 aromatic rings. The first-order valence-corrected chi connectivity index (χ1v) is 19.9. The van der Waals surface area contributed by atoms with E-state index in [9.17, 15) is 24.0 Å². The highest BCUT2D eigenvalue weighted by Gasteiger charge is 2.70. The fourth-order valence-corrected chi connectivity index (χ4v) is 12.4. The second-order valence-electron chi connectivity index (χ2n) is 18.8. The smallest absolute Gasteiger partial charge is 0.312 e. The van der Waals surface area contributed by atoms with Gasteiger partial charge in [0.2, 0.25) is 0 Å². The van der Waals surface area contributed by atoms with E-state index in [-0.39, 0.29) is 84.6 Å². The van der Waals surface area contributed by atoms with Gasteiger partial charge in [0.15, 0.2) is 0 Å². The normalized spacial score (nSPS) is 38.9. The third-order valence-electron chi connectivity index (χ3n) is 15.4. The number of esters is 3. The lowest BCUT2D eigenvalue weighted by atomic mass is 9.33. The van der Waals surface area contributed by atoms with Crippen LogP contribution in [0, 0.1) is 50.2 Å². The molecule has 4 saturated carbocycles. The maximum Gasteiger partial charge on any atom is 0.312 e. The average molecular weight is 729 g/mol. The summed E-state index contributed by atoms with van der Waals surface area (Å²) in [7, 11) is 0. The molecule has 10 heteroatoms. The summed E-state index contributed by atoms with van der Waals surface area (Å²) in [5.41, 5.74) is 0.136. The van der Waals surface area contributed by atoms with E-state index < -0.39 is 40.8 Å². The summed E-state index contributed by atoms with van der Waals surface area (Å²) in [6.07, 6.45) is 11.0. The minimum atomic E-state index is -0.960. The molecule has 5 aliphatic rings. The molecule has 0 amide bonds. The largest absolute Gasteiger partial charge is 0.481 e. The predicted molar refractivity (Wildman–Crippen MR) is 194 cm³/mol. The Balaban J connectivity index is 1.46. The lowest BCUT2D eigenvalue weighted by molar-refractivity contribution is -0.227. The van der Waals surface area contributed by atoms with Crippen molar-refractivity contribution in [3.8, 4) is 0 Å². The average Bonchev–Trinajstić information content (AvgIpc) is 3.05. The monoisotopic (exact) mass is 728 g/mol. The van der Waals surface area contributed by atoms with Gasteiger partial charge in [-0.2, -0.15) is 0 Å². The number of carbonyl (C=O) groups excluding carboxylic acids is 3. The van der Waals surface area contributed by atoms with Gasteiger partial charge < -0.3 is 24.4 Å². The number of carboxylic acid groups (broad SMARTS) is 2. The van der Waals surface area contributed by atoms with Crippen LogP contribution in [0.1, 0.15) is 151 Å². The summed E-state index contributed by atoms with van der Waals surface area (Å²) in [5.74, 6) is -2.29. The predicted octanol–water partition coefficient (Wildman–Crippen LogP) is 8.30. The maximum atomic E-state index is 13.8. The van der Waals surface area contributed by atoms with Crippen LogP contribution in [0.3, 0.4) is 0 Å². The molecule has 292 valence electrons. The van der Waals surface area contributed by atoms with Crippen LogP contribution in [-0.2, 0) is 38.2 Å². The van der Waals surface area contributed by atoms with Crippen LogP contribution < -0.4 is 0 Å². The summed E-state index contributed by atoms with van der Waals surface area (Å²) < 4.78 is 17.9. The Morgan fingerprint density at radius 2 is 1.38 bits per heavy atom. The number of ether oxygens (including phenoxy) is 3. The van der Waals surface area contributed by atoms with Crippen LogP contribution in [0.15, 0.2) is 11.6 Å². The van der Waals surface area contributed by atoms with Gasteiger partial charge in [-0.25, -0.2) is 0 Å². The molecule has 52 heavy (non-hydrogen) atoms. The number of fused-ring (bicyclic) bond motifs is 7. The van der Waals surface area contributed by atoms with Crippen molar-refractivity contribution >= 4 is 29.8 Å². The van der Waals surface area contributed by atoms with Gasteiger partial charge in [-0.3, -0.25) is 24.0 Å². The van der Waals surface area contributed by atoms with Gasteiger partial charge in [-0.1, -0.05) is 53.2 Å². The zero-order valence-electron chi connectivity index (χ0n) is 32.8. The lowest BCUT2D eigenvalue weighted by Crippen LogP contribution is -2.66. The Kier molecular flexibility index (Phi) is 11.4. The fraction of sp³-hybridized carbons (Fsp3) is 0.833. The summed E-state index contributed by atoms with van der Waals surface area (Å²) >= 11 is 0. The van der Waals surface area contributed by atoms with Gasteiger partial charge in [0.25, 0.3) is 0 Å². The Morgan fingerprint density at radius 3 is 2.02 bits per heavy atom. The molecule has 0 radical (unpaired) electrons. The molecule has 0 aromatic heterocycles. The molecule has 3 unspecified atom stereocenters. The minimum Gasteiger partial charge on any atom is -0.481 e. The van der Waals surface area contributed by atoms with Gasteiger partial charge in [-0.15, -0.1) is 0 Å². The van der Waals surface area contributed by atoms with E-state index in [1.165, 1.54) is 5.57 Å². The number of carbonyl (C=O) groups is 5. The van der Waals surface area contributed by atoms with Crippen LogP contribution in [0.5, 0.6) is 0 Å². The van der Waals surface area contributed by atoms with Crippen molar-refractivity contribution in [3.05, 3.63) is 11.6 Å². The van der Waals surface area contributed by atoms with E-state index in [0.717, 1.165) is 57.8 Å². The van der Waals surface area contributed by atoms with Crippen molar-refractivity contribution in [2.24, 2.45) is 50.2 Å². The number of hydrogen-bond acceptors (Lipinski definition) is 8. The number of aliphatic carboxylic acids is 2. The molecule has 0 aromatic carbocycles. The quantitative estimate of drug-likeness (QED) is 0.108. The molecule has 5 aliphatic carbocycles. The number of hydrogen-bond donors (Lipinski definition) is 2. The van der Waals surface area contributed by atoms with Gasteiger partial charge in [0.1, 0.15) is 12.7 Å². The van der Waals surface area contributed by atoms with Crippen molar-refractivity contribution in [2.75, 3.05) is 13.2 Å². The topological polar surface area (TPSA) is 154 Å². The Labute approximate surface area is 310 Å². The maximum absolute atomic E-state index is 13.8. The zero-order valence-corrected chi connectivity index (χ0v) is 32.8. The van der Waals surface area contributed by atoms with E-state index in [2.05, 4.69) is 47.6 Å².